The van der Waals surface area contributed by atoms with Crippen molar-refractivity contribution in [2.45, 2.75) is 22.9 Å². The second kappa shape index (κ2) is 5.69. The van der Waals surface area contributed by atoms with Crippen molar-refractivity contribution in [3.8, 4) is 0 Å². The lowest BCUT2D eigenvalue weighted by molar-refractivity contribution is 0.596. The summed E-state index contributed by atoms with van der Waals surface area (Å²) in [6, 6.07) is 8.31. The summed E-state index contributed by atoms with van der Waals surface area (Å²) >= 11 is 7.00. The zero-order valence-corrected chi connectivity index (χ0v) is 11.3. The van der Waals surface area contributed by atoms with Crippen molar-refractivity contribution >= 4 is 23.4 Å². The monoisotopic (exact) mass is 282 g/mol. The third kappa shape index (κ3) is 3.22. The normalized spacial score (nSPS) is 12.4. The van der Waals surface area contributed by atoms with Crippen molar-refractivity contribution < 1.29 is 4.39 Å². The summed E-state index contributed by atoms with van der Waals surface area (Å²) in [5.74, 6) is -0.286. The molecule has 5 heteroatoms. The Kier molecular flexibility index (Phi) is 4.22. The van der Waals surface area contributed by atoms with E-state index in [0.29, 0.717) is 14.9 Å². The smallest absolute Gasteiger partial charge is 0.137 e. The number of nitrogens with two attached hydrogens (primary N) is 1. The van der Waals surface area contributed by atoms with Crippen LogP contribution in [0.3, 0.4) is 0 Å². The first-order chi connectivity index (χ1) is 8.56. The molecule has 2 aromatic rings. The Morgan fingerprint density at radius 3 is 2.67 bits per heavy atom. The molecule has 0 aliphatic carbocycles. The largest absolute Gasteiger partial charge is 0.324 e. The number of benzene rings is 1. The molecule has 2 nitrogen and oxygen atoms in total. The van der Waals surface area contributed by atoms with Gasteiger partial charge in [-0.25, -0.2) is 9.37 Å². The fraction of sp³-hybridized carbons (Fsp3) is 0.154. The van der Waals surface area contributed by atoms with Gasteiger partial charge in [0.05, 0.1) is 5.02 Å². The van der Waals surface area contributed by atoms with E-state index in [4.69, 9.17) is 17.3 Å². The van der Waals surface area contributed by atoms with Crippen LogP contribution in [0.25, 0.3) is 0 Å². The van der Waals surface area contributed by atoms with Gasteiger partial charge in [-0.15, -0.1) is 0 Å². The minimum Gasteiger partial charge on any atom is -0.324 e. The molecule has 0 spiro atoms. The van der Waals surface area contributed by atoms with E-state index >= 15 is 0 Å². The van der Waals surface area contributed by atoms with Gasteiger partial charge in [0.1, 0.15) is 10.8 Å². The minimum atomic E-state index is -0.286. The third-order valence-electron chi connectivity index (χ3n) is 2.40. The summed E-state index contributed by atoms with van der Waals surface area (Å²) in [5, 5.41) is 1.26. The van der Waals surface area contributed by atoms with Crippen LogP contribution in [-0.4, -0.2) is 4.98 Å². The lowest BCUT2D eigenvalue weighted by Gasteiger charge is -2.08. The topological polar surface area (TPSA) is 38.9 Å². The van der Waals surface area contributed by atoms with Crippen molar-refractivity contribution in [1.82, 2.24) is 4.98 Å². The van der Waals surface area contributed by atoms with Crippen LogP contribution in [0, 0.1) is 5.82 Å². The SMILES string of the molecule is C[C@H](N)c1ccc(Sc2ccc(Cl)cn2)c(F)c1. The summed E-state index contributed by atoms with van der Waals surface area (Å²) in [5.41, 5.74) is 6.48. The first-order valence-electron chi connectivity index (χ1n) is 5.40. The number of halogens is 2. The predicted octanol–water partition coefficient (Wildman–Crippen LogP) is 4.05. The van der Waals surface area contributed by atoms with Crippen LogP contribution in [-0.2, 0) is 0 Å². The summed E-state index contributed by atoms with van der Waals surface area (Å²) in [7, 11) is 0. The fourth-order valence-electron chi connectivity index (χ4n) is 1.42. The summed E-state index contributed by atoms with van der Waals surface area (Å²) in [4.78, 5) is 4.63. The van der Waals surface area contributed by atoms with Crippen LogP contribution < -0.4 is 5.73 Å². The molecule has 0 saturated heterocycles. The molecule has 0 unspecified atom stereocenters. The fourth-order valence-corrected chi connectivity index (χ4v) is 2.29. The van der Waals surface area contributed by atoms with Gasteiger partial charge in [0, 0.05) is 17.1 Å². The van der Waals surface area contributed by atoms with Gasteiger partial charge >= 0.3 is 0 Å². The summed E-state index contributed by atoms with van der Waals surface area (Å²) in [6.07, 6.45) is 1.54. The number of pyridine rings is 1. The average molecular weight is 283 g/mol. The Morgan fingerprint density at radius 2 is 2.11 bits per heavy atom. The molecular weight excluding hydrogens is 271 g/mol. The van der Waals surface area contributed by atoms with E-state index < -0.39 is 0 Å². The highest BCUT2D eigenvalue weighted by molar-refractivity contribution is 7.99. The van der Waals surface area contributed by atoms with E-state index in [1.54, 1.807) is 18.2 Å². The first kappa shape index (κ1) is 13.3. The highest BCUT2D eigenvalue weighted by Crippen LogP contribution is 2.30. The molecule has 1 aromatic heterocycles. The first-order valence-corrected chi connectivity index (χ1v) is 6.60. The van der Waals surface area contributed by atoms with E-state index in [0.717, 1.165) is 5.56 Å². The molecule has 1 aromatic carbocycles. The maximum absolute atomic E-state index is 13.8. The predicted molar refractivity (Wildman–Crippen MR) is 72.4 cm³/mol. The molecular formula is C13H12ClFN2S. The van der Waals surface area contributed by atoms with Gasteiger partial charge in [0.15, 0.2) is 0 Å². The molecule has 0 bridgehead atoms. The lowest BCUT2D eigenvalue weighted by atomic mass is 10.1. The van der Waals surface area contributed by atoms with Gasteiger partial charge in [0.2, 0.25) is 0 Å². The second-order valence-corrected chi connectivity index (χ2v) is 5.39. The van der Waals surface area contributed by atoms with Crippen LogP contribution in [0.5, 0.6) is 0 Å². The number of aromatic nitrogens is 1. The van der Waals surface area contributed by atoms with E-state index in [1.807, 2.05) is 13.0 Å². The standard InChI is InChI=1S/C13H12ClFN2S/c1-8(16)9-2-4-12(11(15)6-9)18-13-5-3-10(14)7-17-13/h2-8H,16H2,1H3/t8-/m0/s1. The van der Waals surface area contributed by atoms with Crippen molar-refractivity contribution in [2.75, 3.05) is 0 Å². The van der Waals surface area contributed by atoms with E-state index in [9.17, 15) is 4.39 Å². The van der Waals surface area contributed by atoms with Crippen molar-refractivity contribution in [1.29, 1.82) is 0 Å². The Hall–Kier alpha value is -1.10. The summed E-state index contributed by atoms with van der Waals surface area (Å²) in [6.45, 7) is 1.82. The number of nitrogens with zero attached hydrogens (tertiary/aromatic N) is 1. The zero-order valence-electron chi connectivity index (χ0n) is 9.73. The van der Waals surface area contributed by atoms with E-state index in [-0.39, 0.29) is 11.9 Å². The molecule has 0 aliphatic rings. The molecule has 1 heterocycles. The van der Waals surface area contributed by atoms with Crippen LogP contribution >= 0.6 is 23.4 Å². The number of hydrogen-bond acceptors (Lipinski definition) is 3. The number of hydrogen-bond donors (Lipinski definition) is 1. The molecule has 0 amide bonds. The molecule has 94 valence electrons. The van der Waals surface area contributed by atoms with E-state index in [2.05, 4.69) is 4.98 Å². The Balaban J connectivity index is 2.22. The maximum Gasteiger partial charge on any atom is 0.137 e. The van der Waals surface area contributed by atoms with Gasteiger partial charge in [-0.2, -0.15) is 0 Å². The third-order valence-corrected chi connectivity index (χ3v) is 3.62. The quantitative estimate of drug-likeness (QED) is 0.923. The Morgan fingerprint density at radius 1 is 1.33 bits per heavy atom. The van der Waals surface area contributed by atoms with Crippen molar-refractivity contribution in [3.63, 3.8) is 0 Å². The van der Waals surface area contributed by atoms with Crippen molar-refractivity contribution in [3.05, 3.63) is 52.9 Å². The van der Waals surface area contributed by atoms with Crippen LogP contribution in [0.4, 0.5) is 4.39 Å². The van der Waals surface area contributed by atoms with Crippen LogP contribution in [0.1, 0.15) is 18.5 Å². The second-order valence-electron chi connectivity index (χ2n) is 3.90. The molecule has 1 atom stereocenters. The summed E-state index contributed by atoms with van der Waals surface area (Å²) < 4.78 is 13.8. The Labute approximate surface area is 114 Å². The highest BCUT2D eigenvalue weighted by Gasteiger charge is 2.08. The van der Waals surface area contributed by atoms with Gasteiger partial charge in [-0.3, -0.25) is 0 Å². The van der Waals surface area contributed by atoms with Crippen molar-refractivity contribution in [2.24, 2.45) is 5.73 Å². The highest BCUT2D eigenvalue weighted by atomic mass is 35.5. The van der Waals surface area contributed by atoms with Gasteiger partial charge in [-0.05, 0) is 36.8 Å². The van der Waals surface area contributed by atoms with Gasteiger partial charge < -0.3 is 5.73 Å². The molecule has 0 fully saturated rings. The van der Waals surface area contributed by atoms with Gasteiger partial charge in [0.25, 0.3) is 0 Å². The maximum atomic E-state index is 13.8. The Bertz CT molecular complexity index is 543. The molecule has 18 heavy (non-hydrogen) atoms. The molecule has 2 rings (SSSR count). The molecule has 0 radical (unpaired) electrons. The minimum absolute atomic E-state index is 0.174. The molecule has 2 N–H and O–H groups in total. The lowest BCUT2D eigenvalue weighted by Crippen LogP contribution is -2.05. The van der Waals surface area contributed by atoms with Crippen LogP contribution in [0.15, 0.2) is 46.5 Å². The van der Waals surface area contributed by atoms with Gasteiger partial charge in [-0.1, -0.05) is 29.4 Å². The molecule has 0 saturated carbocycles. The number of rotatable bonds is 3. The van der Waals surface area contributed by atoms with E-state index in [1.165, 1.54) is 24.0 Å². The van der Waals surface area contributed by atoms with Crippen LogP contribution in [0.2, 0.25) is 5.02 Å². The zero-order chi connectivity index (χ0) is 13.1. The average Bonchev–Trinajstić information content (AvgIpc) is 2.34. The molecule has 0 aliphatic heterocycles.